The molecule has 2 aromatic carbocycles. The monoisotopic (exact) mass is 263 g/mol. The summed E-state index contributed by atoms with van der Waals surface area (Å²) in [6, 6.07) is 20.7. The van der Waals surface area contributed by atoms with E-state index in [2.05, 4.69) is 57.6 Å². The summed E-state index contributed by atoms with van der Waals surface area (Å²) in [5.74, 6) is 0. The highest BCUT2D eigenvalue weighted by Gasteiger charge is 2.05. The van der Waals surface area contributed by atoms with Crippen LogP contribution in [0, 0.1) is 0 Å². The van der Waals surface area contributed by atoms with Gasteiger partial charge in [-0.1, -0.05) is 42.5 Å². The number of nitrogens with one attached hydrogen (secondary N) is 1. The van der Waals surface area contributed by atoms with Crippen molar-refractivity contribution in [2.75, 3.05) is 19.0 Å². The SMILES string of the molecule is CN(C)c1ccc(-c2cc(-c3ccccc3)n[nH]2)cc1. The maximum absolute atomic E-state index is 4.38. The molecule has 0 radical (unpaired) electrons. The predicted octanol–water partition coefficient (Wildman–Crippen LogP) is 3.81. The minimum absolute atomic E-state index is 0.970. The second-order valence-corrected chi connectivity index (χ2v) is 4.97. The van der Waals surface area contributed by atoms with Crippen molar-refractivity contribution in [1.29, 1.82) is 0 Å². The van der Waals surface area contributed by atoms with Gasteiger partial charge in [-0.15, -0.1) is 0 Å². The Labute approximate surface area is 118 Å². The van der Waals surface area contributed by atoms with Gasteiger partial charge in [0.1, 0.15) is 0 Å². The zero-order chi connectivity index (χ0) is 13.9. The molecule has 0 saturated heterocycles. The van der Waals surface area contributed by atoms with Gasteiger partial charge in [0.05, 0.1) is 11.4 Å². The van der Waals surface area contributed by atoms with Crippen LogP contribution in [0.5, 0.6) is 0 Å². The molecular formula is C17H17N3. The molecule has 20 heavy (non-hydrogen) atoms. The number of nitrogens with zero attached hydrogens (tertiary/aromatic N) is 2. The van der Waals surface area contributed by atoms with Gasteiger partial charge in [-0.05, 0) is 23.8 Å². The van der Waals surface area contributed by atoms with Crippen LogP contribution in [-0.2, 0) is 0 Å². The van der Waals surface area contributed by atoms with Crippen molar-refractivity contribution in [2.45, 2.75) is 0 Å². The fraction of sp³-hybridized carbons (Fsp3) is 0.118. The molecule has 3 heteroatoms. The van der Waals surface area contributed by atoms with Gasteiger partial charge in [0.25, 0.3) is 0 Å². The quantitative estimate of drug-likeness (QED) is 0.779. The highest BCUT2D eigenvalue weighted by atomic mass is 15.1. The van der Waals surface area contributed by atoms with E-state index in [0.717, 1.165) is 22.5 Å². The summed E-state index contributed by atoms with van der Waals surface area (Å²) in [6.45, 7) is 0. The lowest BCUT2D eigenvalue weighted by atomic mass is 10.1. The molecule has 1 N–H and O–H groups in total. The van der Waals surface area contributed by atoms with Gasteiger partial charge in [0.15, 0.2) is 0 Å². The Morgan fingerprint density at radius 1 is 0.850 bits per heavy atom. The van der Waals surface area contributed by atoms with Crippen LogP contribution in [0.25, 0.3) is 22.5 Å². The fourth-order valence-corrected chi connectivity index (χ4v) is 2.17. The Morgan fingerprint density at radius 2 is 1.55 bits per heavy atom. The standard InChI is InChI=1S/C17H17N3/c1-20(2)15-10-8-14(9-11-15)17-12-16(18-19-17)13-6-4-3-5-7-13/h3-12H,1-2H3,(H,18,19). The lowest BCUT2D eigenvalue weighted by Gasteiger charge is -2.12. The zero-order valence-corrected chi connectivity index (χ0v) is 11.7. The Bertz CT molecular complexity index is 682. The molecule has 0 saturated carbocycles. The molecule has 3 nitrogen and oxygen atoms in total. The van der Waals surface area contributed by atoms with E-state index < -0.39 is 0 Å². The molecular weight excluding hydrogens is 246 g/mol. The predicted molar refractivity (Wildman–Crippen MR) is 83.8 cm³/mol. The van der Waals surface area contributed by atoms with Crippen LogP contribution in [0.4, 0.5) is 5.69 Å². The van der Waals surface area contributed by atoms with Crippen molar-refractivity contribution in [3.63, 3.8) is 0 Å². The van der Waals surface area contributed by atoms with Crippen molar-refractivity contribution >= 4 is 5.69 Å². The number of rotatable bonds is 3. The smallest absolute Gasteiger partial charge is 0.0927 e. The summed E-state index contributed by atoms with van der Waals surface area (Å²) in [6.07, 6.45) is 0. The molecule has 1 aromatic heterocycles. The molecule has 3 aromatic rings. The molecule has 0 amide bonds. The lowest BCUT2D eigenvalue weighted by molar-refractivity contribution is 1.10. The van der Waals surface area contributed by atoms with E-state index >= 15 is 0 Å². The summed E-state index contributed by atoms with van der Waals surface area (Å²) in [5, 5.41) is 7.49. The maximum Gasteiger partial charge on any atom is 0.0927 e. The Hall–Kier alpha value is -2.55. The molecule has 0 atom stereocenters. The van der Waals surface area contributed by atoms with Gasteiger partial charge in [-0.3, -0.25) is 5.10 Å². The van der Waals surface area contributed by atoms with Crippen LogP contribution in [0.1, 0.15) is 0 Å². The molecule has 0 aliphatic carbocycles. The molecule has 0 spiro atoms. The third-order valence-electron chi connectivity index (χ3n) is 3.34. The molecule has 0 aliphatic rings. The van der Waals surface area contributed by atoms with E-state index in [1.165, 1.54) is 5.69 Å². The molecule has 0 bridgehead atoms. The summed E-state index contributed by atoms with van der Waals surface area (Å²) in [4.78, 5) is 2.09. The Morgan fingerprint density at radius 3 is 2.20 bits per heavy atom. The average Bonchev–Trinajstić information content (AvgIpc) is 2.98. The Balaban J connectivity index is 1.90. The molecule has 0 aliphatic heterocycles. The van der Waals surface area contributed by atoms with Crippen molar-refractivity contribution in [2.24, 2.45) is 0 Å². The minimum atomic E-state index is 0.970. The van der Waals surface area contributed by atoms with E-state index in [-0.39, 0.29) is 0 Å². The average molecular weight is 263 g/mol. The van der Waals surface area contributed by atoms with Crippen molar-refractivity contribution < 1.29 is 0 Å². The maximum atomic E-state index is 4.38. The summed E-state index contributed by atoms with van der Waals surface area (Å²) in [7, 11) is 4.08. The van der Waals surface area contributed by atoms with Gasteiger partial charge < -0.3 is 4.90 Å². The minimum Gasteiger partial charge on any atom is -0.378 e. The van der Waals surface area contributed by atoms with Crippen molar-refractivity contribution in [3.8, 4) is 22.5 Å². The van der Waals surface area contributed by atoms with E-state index in [9.17, 15) is 0 Å². The highest BCUT2D eigenvalue weighted by Crippen LogP contribution is 2.25. The van der Waals surface area contributed by atoms with E-state index in [0.29, 0.717) is 0 Å². The Kier molecular flexibility index (Phi) is 3.25. The molecule has 1 heterocycles. The van der Waals surface area contributed by atoms with Crippen molar-refractivity contribution in [1.82, 2.24) is 10.2 Å². The first-order valence-corrected chi connectivity index (χ1v) is 6.62. The van der Waals surface area contributed by atoms with Crippen molar-refractivity contribution in [3.05, 3.63) is 60.7 Å². The van der Waals surface area contributed by atoms with E-state index in [1.807, 2.05) is 32.3 Å². The van der Waals surface area contributed by atoms with Gasteiger partial charge in [0, 0.05) is 25.3 Å². The summed E-state index contributed by atoms with van der Waals surface area (Å²) in [5.41, 5.74) is 5.47. The van der Waals surface area contributed by atoms with Crippen LogP contribution in [0.15, 0.2) is 60.7 Å². The molecule has 0 fully saturated rings. The van der Waals surface area contributed by atoms with Crippen LogP contribution in [0.3, 0.4) is 0 Å². The largest absolute Gasteiger partial charge is 0.378 e. The number of anilines is 1. The third-order valence-corrected chi connectivity index (χ3v) is 3.34. The lowest BCUT2D eigenvalue weighted by Crippen LogP contribution is -2.07. The number of aromatic amines is 1. The molecule has 3 rings (SSSR count). The number of H-pyrrole nitrogens is 1. The number of aromatic nitrogens is 2. The number of benzene rings is 2. The zero-order valence-electron chi connectivity index (χ0n) is 11.7. The molecule has 0 unspecified atom stereocenters. The normalized spacial score (nSPS) is 10.5. The number of hydrogen-bond donors (Lipinski definition) is 1. The van der Waals surface area contributed by atoms with E-state index in [1.54, 1.807) is 0 Å². The van der Waals surface area contributed by atoms with Gasteiger partial charge in [-0.25, -0.2) is 0 Å². The topological polar surface area (TPSA) is 31.9 Å². The fourth-order valence-electron chi connectivity index (χ4n) is 2.17. The first-order valence-electron chi connectivity index (χ1n) is 6.62. The summed E-state index contributed by atoms with van der Waals surface area (Å²) >= 11 is 0. The second kappa shape index (κ2) is 5.21. The van der Waals surface area contributed by atoms with Gasteiger partial charge in [0.2, 0.25) is 0 Å². The first kappa shape index (κ1) is 12.5. The number of hydrogen-bond acceptors (Lipinski definition) is 2. The van der Waals surface area contributed by atoms with Crippen LogP contribution >= 0.6 is 0 Å². The van der Waals surface area contributed by atoms with Gasteiger partial charge >= 0.3 is 0 Å². The third kappa shape index (κ3) is 2.43. The van der Waals surface area contributed by atoms with Crippen LogP contribution in [-0.4, -0.2) is 24.3 Å². The second-order valence-electron chi connectivity index (χ2n) is 4.97. The van der Waals surface area contributed by atoms with Crippen LogP contribution in [0.2, 0.25) is 0 Å². The van der Waals surface area contributed by atoms with E-state index in [4.69, 9.17) is 0 Å². The van der Waals surface area contributed by atoms with Gasteiger partial charge in [-0.2, -0.15) is 5.10 Å². The first-order chi connectivity index (χ1) is 9.74. The molecule has 100 valence electrons. The highest BCUT2D eigenvalue weighted by molar-refractivity contribution is 5.69. The van der Waals surface area contributed by atoms with Crippen LogP contribution < -0.4 is 4.90 Å². The summed E-state index contributed by atoms with van der Waals surface area (Å²) < 4.78 is 0.